The lowest BCUT2D eigenvalue weighted by molar-refractivity contribution is -0.135. The van der Waals surface area contributed by atoms with Crippen molar-refractivity contribution < 1.29 is 14.7 Å². The van der Waals surface area contributed by atoms with Crippen LogP contribution in [-0.2, 0) is 4.79 Å². The fourth-order valence-electron chi connectivity index (χ4n) is 2.76. The summed E-state index contributed by atoms with van der Waals surface area (Å²) in [5.74, 6) is 0.445. The first-order valence-corrected chi connectivity index (χ1v) is 6.45. The lowest BCUT2D eigenvalue weighted by atomic mass is 10.1. The number of rotatable bonds is 1. The van der Waals surface area contributed by atoms with Crippen LogP contribution in [0, 0.1) is 5.92 Å². The number of hydrogen-bond donors (Lipinski definition) is 1. The van der Waals surface area contributed by atoms with Gasteiger partial charge >= 0.3 is 6.09 Å². The maximum Gasteiger partial charge on any atom is 0.407 e. The summed E-state index contributed by atoms with van der Waals surface area (Å²) in [5, 5.41) is 8.92. The molecule has 0 radical (unpaired) electrons. The molecule has 0 unspecified atom stereocenters. The van der Waals surface area contributed by atoms with Gasteiger partial charge in [-0.1, -0.05) is 12.8 Å². The SMILES string of the molecule is O=C(O)N1CCCN(C(=O)C2CCCC2)CC1. The van der Waals surface area contributed by atoms with Gasteiger partial charge in [0.2, 0.25) is 5.91 Å². The number of hydrogen-bond acceptors (Lipinski definition) is 2. The van der Waals surface area contributed by atoms with E-state index in [2.05, 4.69) is 0 Å². The number of carboxylic acid groups (broad SMARTS) is 1. The van der Waals surface area contributed by atoms with E-state index < -0.39 is 6.09 Å². The first kappa shape index (κ1) is 12.2. The van der Waals surface area contributed by atoms with Crippen LogP contribution < -0.4 is 0 Å². The molecule has 1 saturated heterocycles. The van der Waals surface area contributed by atoms with Gasteiger partial charge in [0.25, 0.3) is 0 Å². The van der Waals surface area contributed by atoms with E-state index in [4.69, 9.17) is 5.11 Å². The van der Waals surface area contributed by atoms with Crippen LogP contribution in [0.1, 0.15) is 32.1 Å². The molecule has 0 bridgehead atoms. The lowest BCUT2D eigenvalue weighted by Crippen LogP contribution is -2.39. The van der Waals surface area contributed by atoms with Gasteiger partial charge in [-0.2, -0.15) is 0 Å². The summed E-state index contributed by atoms with van der Waals surface area (Å²) in [6.45, 7) is 2.26. The van der Waals surface area contributed by atoms with Crippen molar-refractivity contribution in [2.75, 3.05) is 26.2 Å². The molecule has 2 aliphatic rings. The third-order valence-electron chi connectivity index (χ3n) is 3.78. The molecule has 0 atom stereocenters. The molecule has 0 spiro atoms. The molecule has 1 N–H and O–H groups in total. The topological polar surface area (TPSA) is 60.9 Å². The van der Waals surface area contributed by atoms with E-state index in [0.29, 0.717) is 26.2 Å². The molecule has 1 aliphatic heterocycles. The molecule has 5 nitrogen and oxygen atoms in total. The normalized spacial score (nSPS) is 22.6. The summed E-state index contributed by atoms with van der Waals surface area (Å²) >= 11 is 0. The van der Waals surface area contributed by atoms with Crippen molar-refractivity contribution in [3.05, 3.63) is 0 Å². The van der Waals surface area contributed by atoms with Gasteiger partial charge < -0.3 is 14.9 Å². The Kier molecular flexibility index (Phi) is 3.86. The second-order valence-corrected chi connectivity index (χ2v) is 4.93. The number of carbonyl (C=O) groups is 2. The van der Waals surface area contributed by atoms with Crippen molar-refractivity contribution in [3.8, 4) is 0 Å². The molecule has 1 saturated carbocycles. The van der Waals surface area contributed by atoms with Crippen molar-refractivity contribution in [1.82, 2.24) is 9.80 Å². The van der Waals surface area contributed by atoms with E-state index in [0.717, 1.165) is 32.1 Å². The molecule has 17 heavy (non-hydrogen) atoms. The van der Waals surface area contributed by atoms with Gasteiger partial charge in [0.1, 0.15) is 0 Å². The predicted octanol–water partition coefficient (Wildman–Crippen LogP) is 1.39. The second-order valence-electron chi connectivity index (χ2n) is 4.93. The highest BCUT2D eigenvalue weighted by Crippen LogP contribution is 2.26. The molecule has 96 valence electrons. The summed E-state index contributed by atoms with van der Waals surface area (Å²) in [7, 11) is 0. The van der Waals surface area contributed by atoms with Crippen LogP contribution in [0.5, 0.6) is 0 Å². The summed E-state index contributed by atoms with van der Waals surface area (Å²) in [4.78, 5) is 26.3. The lowest BCUT2D eigenvalue weighted by Gasteiger charge is -2.23. The minimum Gasteiger partial charge on any atom is -0.465 e. The standard InChI is InChI=1S/C12H20N2O3/c15-11(10-4-1-2-5-10)13-6-3-7-14(9-8-13)12(16)17/h10H,1-9H2,(H,16,17). The molecular formula is C12H20N2O3. The predicted molar refractivity (Wildman–Crippen MR) is 62.8 cm³/mol. The number of nitrogens with zero attached hydrogens (tertiary/aromatic N) is 2. The average Bonchev–Trinajstić information content (AvgIpc) is 2.71. The zero-order valence-electron chi connectivity index (χ0n) is 10.1. The van der Waals surface area contributed by atoms with Crippen molar-refractivity contribution in [2.24, 2.45) is 5.92 Å². The Labute approximate surface area is 101 Å². The second kappa shape index (κ2) is 5.38. The molecule has 0 aromatic heterocycles. The van der Waals surface area contributed by atoms with Crippen molar-refractivity contribution in [2.45, 2.75) is 32.1 Å². The van der Waals surface area contributed by atoms with Crippen LogP contribution in [0.15, 0.2) is 0 Å². The summed E-state index contributed by atoms with van der Waals surface area (Å²) in [6, 6.07) is 0. The molecule has 1 heterocycles. The highest BCUT2D eigenvalue weighted by Gasteiger charge is 2.28. The number of carbonyl (C=O) groups excluding carboxylic acids is 1. The first-order valence-electron chi connectivity index (χ1n) is 6.45. The van der Waals surface area contributed by atoms with Gasteiger partial charge in [-0.3, -0.25) is 4.79 Å². The minimum absolute atomic E-state index is 0.200. The van der Waals surface area contributed by atoms with Gasteiger partial charge in [-0.25, -0.2) is 4.79 Å². The average molecular weight is 240 g/mol. The minimum atomic E-state index is -0.875. The molecule has 0 aromatic rings. The van der Waals surface area contributed by atoms with Crippen LogP contribution in [0.25, 0.3) is 0 Å². The van der Waals surface area contributed by atoms with Gasteiger partial charge in [0.15, 0.2) is 0 Å². The first-order chi connectivity index (χ1) is 8.18. The third kappa shape index (κ3) is 2.90. The Morgan fingerprint density at radius 3 is 2.12 bits per heavy atom. The Morgan fingerprint density at radius 1 is 0.882 bits per heavy atom. The largest absolute Gasteiger partial charge is 0.465 e. The van der Waals surface area contributed by atoms with Gasteiger partial charge in [-0.05, 0) is 19.3 Å². The number of amides is 2. The van der Waals surface area contributed by atoms with Crippen molar-refractivity contribution in [1.29, 1.82) is 0 Å². The molecule has 5 heteroatoms. The zero-order valence-corrected chi connectivity index (χ0v) is 10.1. The third-order valence-corrected chi connectivity index (χ3v) is 3.78. The fraction of sp³-hybridized carbons (Fsp3) is 0.833. The summed E-state index contributed by atoms with van der Waals surface area (Å²) in [6.07, 6.45) is 4.22. The van der Waals surface area contributed by atoms with E-state index in [1.54, 1.807) is 0 Å². The Balaban J connectivity index is 1.89. The van der Waals surface area contributed by atoms with Crippen LogP contribution in [0.2, 0.25) is 0 Å². The monoisotopic (exact) mass is 240 g/mol. The fourth-order valence-corrected chi connectivity index (χ4v) is 2.76. The van der Waals surface area contributed by atoms with Crippen LogP contribution >= 0.6 is 0 Å². The van der Waals surface area contributed by atoms with E-state index in [1.165, 1.54) is 4.90 Å². The quantitative estimate of drug-likeness (QED) is 0.753. The highest BCUT2D eigenvalue weighted by molar-refractivity contribution is 5.79. The summed E-state index contributed by atoms with van der Waals surface area (Å²) in [5.41, 5.74) is 0. The van der Waals surface area contributed by atoms with Crippen LogP contribution in [-0.4, -0.2) is 53.1 Å². The molecular weight excluding hydrogens is 220 g/mol. The Hall–Kier alpha value is -1.26. The van der Waals surface area contributed by atoms with Crippen molar-refractivity contribution >= 4 is 12.0 Å². The van der Waals surface area contributed by atoms with Gasteiger partial charge in [-0.15, -0.1) is 0 Å². The van der Waals surface area contributed by atoms with E-state index in [1.807, 2.05) is 4.90 Å². The zero-order chi connectivity index (χ0) is 12.3. The maximum atomic E-state index is 12.2. The van der Waals surface area contributed by atoms with E-state index in [9.17, 15) is 9.59 Å². The van der Waals surface area contributed by atoms with E-state index >= 15 is 0 Å². The van der Waals surface area contributed by atoms with Crippen LogP contribution in [0.4, 0.5) is 4.79 Å². The molecule has 1 aliphatic carbocycles. The molecule has 2 fully saturated rings. The Morgan fingerprint density at radius 2 is 1.47 bits per heavy atom. The maximum absolute atomic E-state index is 12.2. The van der Waals surface area contributed by atoms with Crippen molar-refractivity contribution in [3.63, 3.8) is 0 Å². The van der Waals surface area contributed by atoms with Crippen LogP contribution in [0.3, 0.4) is 0 Å². The molecule has 2 rings (SSSR count). The summed E-state index contributed by atoms with van der Waals surface area (Å²) < 4.78 is 0. The Bertz CT molecular complexity index is 300. The van der Waals surface area contributed by atoms with Gasteiger partial charge in [0, 0.05) is 32.1 Å². The smallest absolute Gasteiger partial charge is 0.407 e. The highest BCUT2D eigenvalue weighted by atomic mass is 16.4. The van der Waals surface area contributed by atoms with Gasteiger partial charge in [0.05, 0.1) is 0 Å². The van der Waals surface area contributed by atoms with E-state index in [-0.39, 0.29) is 11.8 Å². The molecule has 2 amide bonds. The molecule has 0 aromatic carbocycles.